The van der Waals surface area contributed by atoms with Crippen LogP contribution < -0.4 is 14.7 Å². The van der Waals surface area contributed by atoms with Gasteiger partial charge >= 0.3 is 0 Å². The van der Waals surface area contributed by atoms with Crippen LogP contribution in [0.5, 0.6) is 11.5 Å². The summed E-state index contributed by atoms with van der Waals surface area (Å²) in [5.41, 5.74) is 3.71. The first-order valence-electron chi connectivity index (χ1n) is 9.56. The van der Waals surface area contributed by atoms with E-state index in [9.17, 15) is 9.90 Å². The maximum Gasteiger partial charge on any atom is 0.232 e. The summed E-state index contributed by atoms with van der Waals surface area (Å²) in [6, 6.07) is 15.3. The average molecular weight is 386 g/mol. The van der Waals surface area contributed by atoms with Crippen molar-refractivity contribution in [3.8, 4) is 11.5 Å². The number of Topliss-reactive ketones (excluding diaryl/α,β-unsaturated/α-hetero) is 1. The summed E-state index contributed by atoms with van der Waals surface area (Å²) in [6.45, 7) is 3.03. The average Bonchev–Trinajstić information content (AvgIpc) is 3.03. The third-order valence-corrected chi connectivity index (χ3v) is 5.03. The van der Waals surface area contributed by atoms with E-state index in [-0.39, 0.29) is 17.3 Å². The largest absolute Gasteiger partial charge is 0.872 e. The van der Waals surface area contributed by atoms with E-state index in [2.05, 4.69) is 17.1 Å². The summed E-state index contributed by atoms with van der Waals surface area (Å²) in [5.74, 6) is 0.373. The molecule has 146 valence electrons. The molecule has 1 N–H and O–H groups in total. The number of benzene rings is 2. The van der Waals surface area contributed by atoms with Crippen molar-refractivity contribution in [3.05, 3.63) is 94.5 Å². The number of aryl methyl sites for hydroxylation is 1. The lowest BCUT2D eigenvalue weighted by atomic mass is 9.99. The van der Waals surface area contributed by atoms with E-state index in [1.165, 1.54) is 5.56 Å². The van der Waals surface area contributed by atoms with Crippen LogP contribution in [-0.2, 0) is 13.1 Å². The van der Waals surface area contributed by atoms with E-state index < -0.39 is 0 Å². The Kier molecular flexibility index (Phi) is 5.14. The maximum absolute atomic E-state index is 12.9. The Balaban J connectivity index is 1.65. The van der Waals surface area contributed by atoms with Crippen molar-refractivity contribution in [1.29, 1.82) is 0 Å². The second kappa shape index (κ2) is 7.89. The first kappa shape index (κ1) is 18.9. The molecule has 0 saturated heterocycles. The molecule has 1 aromatic heterocycles. The number of ketones is 1. The molecule has 0 radical (unpaired) electrons. The number of fused-ring (bicyclic) bond motifs is 1. The smallest absolute Gasteiger partial charge is 0.232 e. The van der Waals surface area contributed by atoms with Crippen LogP contribution in [0.4, 0.5) is 0 Å². The molecule has 0 amide bonds. The number of allylic oxidation sites excluding steroid dienone is 1. The zero-order valence-corrected chi connectivity index (χ0v) is 16.4. The van der Waals surface area contributed by atoms with Gasteiger partial charge in [0.15, 0.2) is 5.76 Å². The Hall–Kier alpha value is -3.44. The molecule has 2 aromatic carbocycles. The molecule has 0 spiro atoms. The van der Waals surface area contributed by atoms with Crippen LogP contribution in [0.25, 0.3) is 6.08 Å². The molecule has 1 unspecified atom stereocenters. The predicted molar refractivity (Wildman–Crippen MR) is 109 cm³/mol. The highest BCUT2D eigenvalue weighted by Crippen LogP contribution is 2.40. The van der Waals surface area contributed by atoms with E-state index >= 15 is 0 Å². The highest BCUT2D eigenvalue weighted by Gasteiger charge is 2.32. The van der Waals surface area contributed by atoms with E-state index in [1.807, 2.05) is 25.2 Å². The topological polar surface area (TPSA) is 66.7 Å². The van der Waals surface area contributed by atoms with Crippen LogP contribution in [0.2, 0.25) is 0 Å². The summed E-state index contributed by atoms with van der Waals surface area (Å²) in [4.78, 5) is 18.1. The quantitative estimate of drug-likeness (QED) is 0.684. The number of hydrogen-bond acceptors (Lipinski definition) is 4. The normalized spacial score (nSPS) is 15.2. The highest BCUT2D eigenvalue weighted by atomic mass is 16.5. The molecule has 3 aromatic rings. The molecule has 0 fully saturated rings. The van der Waals surface area contributed by atoms with Crippen molar-refractivity contribution in [3.63, 3.8) is 0 Å². The molecule has 2 heterocycles. The van der Waals surface area contributed by atoms with Crippen molar-refractivity contribution in [2.24, 2.45) is 0 Å². The van der Waals surface area contributed by atoms with Crippen molar-refractivity contribution < 1.29 is 19.5 Å². The molecule has 1 atom stereocenters. The van der Waals surface area contributed by atoms with Crippen LogP contribution >= 0.6 is 0 Å². The molecular weight excluding hydrogens is 364 g/mol. The minimum absolute atomic E-state index is 0.0911. The number of nitrogens with one attached hydrogen (secondary N) is 1. The summed E-state index contributed by atoms with van der Waals surface area (Å²) in [6.07, 6.45) is 5.01. The fourth-order valence-electron chi connectivity index (χ4n) is 3.65. The van der Waals surface area contributed by atoms with Crippen molar-refractivity contribution in [1.82, 2.24) is 4.98 Å². The second-order valence-electron chi connectivity index (χ2n) is 7.39. The molecule has 0 aliphatic carbocycles. The molecule has 5 nitrogen and oxygen atoms in total. The minimum atomic E-state index is -0.184. The molecule has 0 saturated carbocycles. The van der Waals surface area contributed by atoms with Crippen LogP contribution in [-0.4, -0.2) is 17.8 Å². The van der Waals surface area contributed by atoms with Crippen molar-refractivity contribution >= 4 is 11.9 Å². The lowest BCUT2D eigenvalue weighted by Crippen LogP contribution is -3.06. The number of rotatable bonds is 5. The number of ether oxygens (including phenoxy) is 1. The van der Waals surface area contributed by atoms with E-state index in [0.717, 1.165) is 17.0 Å². The first-order valence-corrected chi connectivity index (χ1v) is 9.56. The number of nitrogens with zero attached hydrogens (tertiary/aromatic N) is 1. The third kappa shape index (κ3) is 3.91. The van der Waals surface area contributed by atoms with Crippen LogP contribution in [0.1, 0.15) is 32.6 Å². The summed E-state index contributed by atoms with van der Waals surface area (Å²) < 4.78 is 5.94. The van der Waals surface area contributed by atoms with Crippen LogP contribution in [0.15, 0.2) is 66.7 Å². The van der Waals surface area contributed by atoms with Gasteiger partial charge in [0, 0.05) is 23.5 Å². The van der Waals surface area contributed by atoms with Gasteiger partial charge in [-0.25, -0.2) is 0 Å². The fraction of sp³-hybridized carbons (Fsp3) is 0.167. The number of quaternary nitrogens is 1. The fourth-order valence-corrected chi connectivity index (χ4v) is 3.65. The Labute approximate surface area is 169 Å². The number of carbonyl (C=O) groups excluding carboxylic acids is 1. The summed E-state index contributed by atoms with van der Waals surface area (Å²) in [5, 5.41) is 12.7. The number of hydrogen-bond donors (Lipinski definition) is 1. The van der Waals surface area contributed by atoms with E-state index in [0.29, 0.717) is 29.0 Å². The summed E-state index contributed by atoms with van der Waals surface area (Å²) >= 11 is 0. The van der Waals surface area contributed by atoms with Gasteiger partial charge in [-0.1, -0.05) is 42.1 Å². The molecule has 1 aliphatic heterocycles. The molecule has 1 aliphatic rings. The van der Waals surface area contributed by atoms with Gasteiger partial charge in [0.1, 0.15) is 18.8 Å². The van der Waals surface area contributed by atoms with Gasteiger partial charge in [-0.15, -0.1) is 0 Å². The highest BCUT2D eigenvalue weighted by molar-refractivity contribution is 6.15. The van der Waals surface area contributed by atoms with Gasteiger partial charge in [-0.05, 0) is 36.3 Å². The molecule has 29 heavy (non-hydrogen) atoms. The van der Waals surface area contributed by atoms with Gasteiger partial charge < -0.3 is 14.7 Å². The molecular formula is C24H22N2O3. The SMILES string of the molecule is Cc1cc([O-])c(C[NH+](C)Cc2ccccc2)c2c1C(=O)C(=Cc1ccncc1)O2. The molecule has 5 heteroatoms. The van der Waals surface area contributed by atoms with E-state index in [4.69, 9.17) is 4.74 Å². The van der Waals surface area contributed by atoms with Gasteiger partial charge in [0.05, 0.1) is 12.6 Å². The lowest BCUT2D eigenvalue weighted by Gasteiger charge is -2.21. The first-order chi connectivity index (χ1) is 14.0. The van der Waals surface area contributed by atoms with E-state index in [1.54, 1.807) is 43.6 Å². The van der Waals surface area contributed by atoms with Gasteiger partial charge in [0.2, 0.25) is 5.78 Å². The van der Waals surface area contributed by atoms with Crippen molar-refractivity contribution in [2.75, 3.05) is 7.05 Å². The second-order valence-corrected chi connectivity index (χ2v) is 7.39. The maximum atomic E-state index is 12.9. The third-order valence-electron chi connectivity index (χ3n) is 5.03. The number of carbonyl (C=O) groups is 1. The Morgan fingerprint density at radius 1 is 1.10 bits per heavy atom. The zero-order chi connectivity index (χ0) is 20.4. The van der Waals surface area contributed by atoms with Crippen LogP contribution in [0.3, 0.4) is 0 Å². The number of aromatic nitrogens is 1. The Morgan fingerprint density at radius 3 is 2.55 bits per heavy atom. The number of pyridine rings is 1. The standard InChI is InChI=1S/C24H22N2O3/c1-16-12-20(27)19(15-26(2)14-18-6-4-3-5-7-18)24-22(16)23(28)21(29-24)13-17-8-10-25-11-9-17/h3-13,27H,14-15H2,1-2H3. The molecule has 4 rings (SSSR count). The van der Waals surface area contributed by atoms with Gasteiger partial charge in [-0.2, -0.15) is 0 Å². The minimum Gasteiger partial charge on any atom is -0.872 e. The van der Waals surface area contributed by atoms with Crippen molar-refractivity contribution in [2.45, 2.75) is 20.0 Å². The monoisotopic (exact) mass is 386 g/mol. The predicted octanol–water partition coefficient (Wildman–Crippen LogP) is 2.29. The summed E-state index contributed by atoms with van der Waals surface area (Å²) in [7, 11) is 2.03. The van der Waals surface area contributed by atoms with Crippen LogP contribution in [0, 0.1) is 6.92 Å². The lowest BCUT2D eigenvalue weighted by molar-refractivity contribution is -0.907. The van der Waals surface area contributed by atoms with Gasteiger partial charge in [0.25, 0.3) is 0 Å². The van der Waals surface area contributed by atoms with Gasteiger partial charge in [-0.3, -0.25) is 9.78 Å². The zero-order valence-electron chi connectivity index (χ0n) is 16.4. The molecule has 0 bridgehead atoms. The Morgan fingerprint density at radius 2 is 1.83 bits per heavy atom. The Bertz CT molecular complexity index is 1080.